The van der Waals surface area contributed by atoms with E-state index in [1.165, 1.54) is 83.6 Å². The zero-order valence-corrected chi connectivity index (χ0v) is 19.1. The van der Waals surface area contributed by atoms with Crippen molar-refractivity contribution in [3.63, 3.8) is 0 Å². The highest BCUT2D eigenvalue weighted by Gasteiger charge is 2.32. The van der Waals surface area contributed by atoms with Gasteiger partial charge in [0.05, 0.1) is 26.7 Å². The second kappa shape index (κ2) is 13.2. The molecule has 1 aliphatic carbocycles. The molecule has 0 aromatic carbocycles. The third kappa shape index (κ3) is 10.3. The molecule has 0 bridgehead atoms. The topological polar surface area (TPSA) is 9.23 Å². The van der Waals surface area contributed by atoms with E-state index in [2.05, 4.69) is 41.8 Å². The van der Waals surface area contributed by atoms with Crippen molar-refractivity contribution >= 4 is 0 Å². The van der Waals surface area contributed by atoms with E-state index in [4.69, 9.17) is 4.74 Å². The fourth-order valence-corrected chi connectivity index (χ4v) is 4.52. The van der Waals surface area contributed by atoms with E-state index in [0.717, 1.165) is 29.0 Å². The lowest BCUT2D eigenvalue weighted by atomic mass is 9.75. The summed E-state index contributed by atoms with van der Waals surface area (Å²) in [5, 5.41) is 0. The average Bonchev–Trinajstić information content (AvgIpc) is 2.58. The first-order chi connectivity index (χ1) is 12.4. The van der Waals surface area contributed by atoms with E-state index < -0.39 is 0 Å². The molecular weight excluding hydrogens is 318 g/mol. The van der Waals surface area contributed by atoms with E-state index in [-0.39, 0.29) is 0 Å². The van der Waals surface area contributed by atoms with Crippen molar-refractivity contribution in [1.82, 2.24) is 0 Å². The molecule has 2 heteroatoms. The molecule has 1 rings (SSSR count). The molecule has 1 aliphatic rings. The van der Waals surface area contributed by atoms with Gasteiger partial charge in [-0.3, -0.25) is 0 Å². The maximum Gasteiger partial charge on any atom is 0.183 e. The third-order valence-corrected chi connectivity index (χ3v) is 6.47. The summed E-state index contributed by atoms with van der Waals surface area (Å²) in [7, 11) is 4.70. The number of hydrogen-bond donors (Lipinski definition) is 0. The van der Waals surface area contributed by atoms with Crippen molar-refractivity contribution < 1.29 is 9.22 Å². The van der Waals surface area contributed by atoms with Crippen LogP contribution in [0.25, 0.3) is 0 Å². The van der Waals surface area contributed by atoms with E-state index >= 15 is 0 Å². The Morgan fingerprint density at radius 3 is 2.04 bits per heavy atom. The summed E-state index contributed by atoms with van der Waals surface area (Å²) in [5.41, 5.74) is 0. The number of nitrogens with zero attached hydrogens (tertiary/aromatic N) is 1. The molecule has 0 spiro atoms. The highest BCUT2D eigenvalue weighted by atomic mass is 16.5. The molecule has 156 valence electrons. The highest BCUT2D eigenvalue weighted by molar-refractivity contribution is 4.81. The Morgan fingerprint density at radius 2 is 1.46 bits per heavy atom. The molecule has 0 aliphatic heterocycles. The first kappa shape index (κ1) is 24.0. The van der Waals surface area contributed by atoms with E-state index in [9.17, 15) is 0 Å². The third-order valence-electron chi connectivity index (χ3n) is 6.47. The van der Waals surface area contributed by atoms with Gasteiger partial charge in [0.15, 0.2) is 6.73 Å². The van der Waals surface area contributed by atoms with Gasteiger partial charge in [-0.15, -0.1) is 0 Å². The predicted octanol–water partition coefficient (Wildman–Crippen LogP) is 7.03. The predicted molar refractivity (Wildman–Crippen MR) is 115 cm³/mol. The van der Waals surface area contributed by atoms with E-state index in [0.29, 0.717) is 6.10 Å². The smallest absolute Gasteiger partial charge is 0.183 e. The molecule has 0 heterocycles. The van der Waals surface area contributed by atoms with Gasteiger partial charge in [-0.05, 0) is 43.4 Å². The minimum Gasteiger partial charge on any atom is -0.328 e. The molecule has 2 nitrogen and oxygen atoms in total. The Bertz CT molecular complexity index is 339. The fourth-order valence-electron chi connectivity index (χ4n) is 4.52. The van der Waals surface area contributed by atoms with Gasteiger partial charge in [0.1, 0.15) is 0 Å². The van der Waals surface area contributed by atoms with Crippen LogP contribution in [0.15, 0.2) is 0 Å². The highest BCUT2D eigenvalue weighted by Crippen LogP contribution is 2.35. The standard InChI is InChI=1S/C24H50NO/c1-7-8-9-10-11-12-13-14-15-18-25(5,6)20-26-24-19-22(4)16-17-23(24)21(2)3/h21-24H,7-20H2,1-6H3/q+1. The lowest BCUT2D eigenvalue weighted by Gasteiger charge is -2.39. The van der Waals surface area contributed by atoms with Crippen LogP contribution in [0.3, 0.4) is 0 Å². The van der Waals surface area contributed by atoms with Crippen LogP contribution in [0.5, 0.6) is 0 Å². The van der Waals surface area contributed by atoms with Gasteiger partial charge in [-0.1, -0.05) is 79.1 Å². The molecule has 3 unspecified atom stereocenters. The molecule has 1 fully saturated rings. The Morgan fingerprint density at radius 1 is 0.885 bits per heavy atom. The van der Waals surface area contributed by atoms with Crippen LogP contribution in [0.2, 0.25) is 0 Å². The van der Waals surface area contributed by atoms with Crippen molar-refractivity contribution in [1.29, 1.82) is 0 Å². The first-order valence-corrected chi connectivity index (χ1v) is 11.8. The van der Waals surface area contributed by atoms with Crippen molar-refractivity contribution in [2.45, 2.75) is 111 Å². The molecule has 0 aromatic heterocycles. The van der Waals surface area contributed by atoms with Crippen molar-refractivity contribution in [3.05, 3.63) is 0 Å². The Balaban J connectivity index is 2.16. The van der Waals surface area contributed by atoms with Gasteiger partial charge >= 0.3 is 0 Å². The Labute approximate surface area is 165 Å². The lowest BCUT2D eigenvalue weighted by molar-refractivity contribution is -0.911. The number of unbranched alkanes of at least 4 members (excludes halogenated alkanes) is 8. The maximum atomic E-state index is 6.50. The molecule has 0 aromatic rings. The van der Waals surface area contributed by atoms with E-state index in [1.54, 1.807) is 0 Å². The number of rotatable bonds is 14. The fraction of sp³-hybridized carbons (Fsp3) is 1.00. The summed E-state index contributed by atoms with van der Waals surface area (Å²) >= 11 is 0. The quantitative estimate of drug-likeness (QED) is 0.182. The van der Waals surface area contributed by atoms with Gasteiger partial charge in [-0.2, -0.15) is 0 Å². The van der Waals surface area contributed by atoms with Gasteiger partial charge in [0.25, 0.3) is 0 Å². The summed E-state index contributed by atoms with van der Waals surface area (Å²) < 4.78 is 7.52. The summed E-state index contributed by atoms with van der Waals surface area (Å²) in [4.78, 5) is 0. The minimum atomic E-state index is 0.485. The van der Waals surface area contributed by atoms with Gasteiger partial charge < -0.3 is 9.22 Å². The zero-order chi connectivity index (χ0) is 19.4. The van der Waals surface area contributed by atoms with Crippen LogP contribution in [-0.2, 0) is 4.74 Å². The van der Waals surface area contributed by atoms with Gasteiger partial charge in [-0.25, -0.2) is 0 Å². The molecule has 26 heavy (non-hydrogen) atoms. The van der Waals surface area contributed by atoms with Crippen molar-refractivity contribution in [3.8, 4) is 0 Å². The molecule has 3 atom stereocenters. The normalized spacial score (nSPS) is 24.3. The molecule has 1 saturated carbocycles. The molecule has 0 saturated heterocycles. The summed E-state index contributed by atoms with van der Waals surface area (Å²) in [6, 6.07) is 0. The maximum absolute atomic E-state index is 6.50. The molecule has 0 amide bonds. The number of ether oxygens (including phenoxy) is 1. The zero-order valence-electron chi connectivity index (χ0n) is 19.1. The second-order valence-electron chi connectivity index (χ2n) is 10.1. The first-order valence-electron chi connectivity index (χ1n) is 11.8. The van der Waals surface area contributed by atoms with Crippen LogP contribution in [-0.4, -0.2) is 38.0 Å². The van der Waals surface area contributed by atoms with Crippen LogP contribution in [0.1, 0.15) is 105 Å². The average molecular weight is 369 g/mol. The van der Waals surface area contributed by atoms with Gasteiger partial charge in [0.2, 0.25) is 0 Å². The largest absolute Gasteiger partial charge is 0.328 e. The second-order valence-corrected chi connectivity index (χ2v) is 10.1. The van der Waals surface area contributed by atoms with Gasteiger partial charge in [0, 0.05) is 0 Å². The number of quaternary nitrogens is 1. The Kier molecular flexibility index (Phi) is 12.1. The lowest BCUT2D eigenvalue weighted by Crippen LogP contribution is -2.45. The minimum absolute atomic E-state index is 0.485. The summed E-state index contributed by atoms with van der Waals surface area (Å²) in [6.45, 7) is 11.6. The van der Waals surface area contributed by atoms with Crippen LogP contribution < -0.4 is 0 Å². The Hall–Kier alpha value is -0.0800. The van der Waals surface area contributed by atoms with Crippen molar-refractivity contribution in [2.75, 3.05) is 27.4 Å². The summed E-state index contributed by atoms with van der Waals surface area (Å²) in [5.74, 6) is 2.35. The number of hydrogen-bond acceptors (Lipinski definition) is 1. The molecule has 0 radical (unpaired) electrons. The summed E-state index contributed by atoms with van der Waals surface area (Å²) in [6.07, 6.45) is 17.2. The SMILES string of the molecule is CCCCCCCCCCC[N+](C)(C)COC1CC(C)CCC1C(C)C. The van der Waals surface area contributed by atoms with Crippen LogP contribution in [0.4, 0.5) is 0 Å². The van der Waals surface area contributed by atoms with Crippen LogP contribution in [0, 0.1) is 17.8 Å². The van der Waals surface area contributed by atoms with Crippen molar-refractivity contribution in [2.24, 2.45) is 17.8 Å². The monoisotopic (exact) mass is 368 g/mol. The van der Waals surface area contributed by atoms with E-state index in [1.807, 2.05) is 0 Å². The van der Waals surface area contributed by atoms with Crippen LogP contribution >= 0.6 is 0 Å². The molecular formula is C24H50NO+. The molecule has 0 N–H and O–H groups in total.